The highest BCUT2D eigenvalue weighted by atomic mass is 32.2. The Bertz CT molecular complexity index is 750. The van der Waals surface area contributed by atoms with E-state index in [0.717, 1.165) is 6.92 Å². The highest BCUT2D eigenvalue weighted by Crippen LogP contribution is 2.35. The standard InChI is InChI=1S/C10H7F3O8S/c1-3-5(21-22(19,20)10(11,12)13)2-4(14)7(9(17)18)6(3)8(15)16/h2,14H,1H3,(H,15,16)(H,17,18). The van der Waals surface area contributed by atoms with Gasteiger partial charge in [0, 0.05) is 11.6 Å². The second-order valence-corrected chi connectivity index (χ2v) is 5.40. The predicted molar refractivity (Wildman–Crippen MR) is 62.4 cm³/mol. The number of benzene rings is 1. The van der Waals surface area contributed by atoms with Crippen molar-refractivity contribution in [1.29, 1.82) is 0 Å². The zero-order valence-electron chi connectivity index (χ0n) is 10.5. The molecule has 12 heteroatoms. The second-order valence-electron chi connectivity index (χ2n) is 3.86. The van der Waals surface area contributed by atoms with Crippen molar-refractivity contribution < 1.29 is 50.7 Å². The average molecular weight is 344 g/mol. The molecule has 0 saturated heterocycles. The normalized spacial score (nSPS) is 12.0. The van der Waals surface area contributed by atoms with Crippen LogP contribution in [0.3, 0.4) is 0 Å². The summed E-state index contributed by atoms with van der Waals surface area (Å²) in [6.07, 6.45) is 0. The fraction of sp³-hybridized carbons (Fsp3) is 0.200. The maximum absolute atomic E-state index is 12.2. The number of rotatable bonds is 4. The van der Waals surface area contributed by atoms with Gasteiger partial charge in [0.25, 0.3) is 0 Å². The molecule has 0 amide bonds. The van der Waals surface area contributed by atoms with Crippen LogP contribution in [0.5, 0.6) is 11.5 Å². The summed E-state index contributed by atoms with van der Waals surface area (Å²) in [6, 6.07) is 0.272. The first-order valence-electron chi connectivity index (χ1n) is 5.13. The Morgan fingerprint density at radius 3 is 1.95 bits per heavy atom. The van der Waals surface area contributed by atoms with Gasteiger partial charge >= 0.3 is 27.6 Å². The van der Waals surface area contributed by atoms with Gasteiger partial charge in [0.2, 0.25) is 0 Å². The van der Waals surface area contributed by atoms with Crippen molar-refractivity contribution in [2.45, 2.75) is 12.4 Å². The lowest BCUT2D eigenvalue weighted by Crippen LogP contribution is -2.28. The Morgan fingerprint density at radius 2 is 1.59 bits per heavy atom. The van der Waals surface area contributed by atoms with Crippen molar-refractivity contribution in [3.63, 3.8) is 0 Å². The molecule has 22 heavy (non-hydrogen) atoms. The van der Waals surface area contributed by atoms with Crippen molar-refractivity contribution in [2.24, 2.45) is 0 Å². The number of carbonyl (C=O) groups is 2. The number of halogens is 3. The van der Waals surface area contributed by atoms with Gasteiger partial charge in [-0.1, -0.05) is 0 Å². The third-order valence-corrected chi connectivity index (χ3v) is 3.40. The molecule has 8 nitrogen and oxygen atoms in total. The number of aromatic hydroxyl groups is 1. The van der Waals surface area contributed by atoms with E-state index >= 15 is 0 Å². The van der Waals surface area contributed by atoms with Crippen LogP contribution in [-0.2, 0) is 10.1 Å². The van der Waals surface area contributed by atoms with Crippen molar-refractivity contribution >= 4 is 22.1 Å². The van der Waals surface area contributed by atoms with E-state index in [4.69, 9.17) is 10.2 Å². The van der Waals surface area contributed by atoms with Gasteiger partial charge in [0.15, 0.2) is 0 Å². The molecule has 0 unspecified atom stereocenters. The summed E-state index contributed by atoms with van der Waals surface area (Å²) in [6.45, 7) is 0.830. The van der Waals surface area contributed by atoms with Gasteiger partial charge in [-0.05, 0) is 6.92 Å². The van der Waals surface area contributed by atoms with E-state index in [9.17, 15) is 36.3 Å². The van der Waals surface area contributed by atoms with Crippen LogP contribution in [0.4, 0.5) is 13.2 Å². The summed E-state index contributed by atoms with van der Waals surface area (Å²) >= 11 is 0. The van der Waals surface area contributed by atoms with E-state index in [1.807, 2.05) is 0 Å². The van der Waals surface area contributed by atoms with Gasteiger partial charge < -0.3 is 19.5 Å². The van der Waals surface area contributed by atoms with Crippen LogP contribution in [0.25, 0.3) is 0 Å². The highest BCUT2D eigenvalue weighted by molar-refractivity contribution is 7.88. The molecule has 0 saturated carbocycles. The Labute approximate surface area is 120 Å². The lowest BCUT2D eigenvalue weighted by molar-refractivity contribution is -0.0500. The van der Waals surface area contributed by atoms with Crippen LogP contribution < -0.4 is 4.18 Å². The molecule has 3 N–H and O–H groups in total. The lowest BCUT2D eigenvalue weighted by atomic mass is 10.00. The predicted octanol–water partition coefficient (Wildman–Crippen LogP) is 1.33. The minimum atomic E-state index is -6.12. The van der Waals surface area contributed by atoms with Gasteiger partial charge in [-0.3, -0.25) is 0 Å². The van der Waals surface area contributed by atoms with Crippen LogP contribution in [0.15, 0.2) is 6.07 Å². The number of phenols is 1. The summed E-state index contributed by atoms with van der Waals surface area (Å²) < 4.78 is 62.2. The molecule has 0 bridgehead atoms. The molecule has 1 aromatic carbocycles. The Hall–Kier alpha value is -2.50. The summed E-state index contributed by atoms with van der Waals surface area (Å²) in [5.74, 6) is -6.19. The molecule has 0 heterocycles. The summed E-state index contributed by atoms with van der Waals surface area (Å²) in [4.78, 5) is 21.9. The topological polar surface area (TPSA) is 138 Å². The van der Waals surface area contributed by atoms with E-state index in [1.165, 1.54) is 0 Å². The molecular formula is C10H7F3O8S. The minimum absolute atomic E-state index is 0.272. The Balaban J connectivity index is 3.62. The average Bonchev–Trinajstić information content (AvgIpc) is 2.30. The molecule has 0 aromatic heterocycles. The fourth-order valence-corrected chi connectivity index (χ4v) is 1.98. The van der Waals surface area contributed by atoms with Crippen molar-refractivity contribution in [3.8, 4) is 11.5 Å². The van der Waals surface area contributed by atoms with E-state index in [-0.39, 0.29) is 6.07 Å². The van der Waals surface area contributed by atoms with Crippen LogP contribution >= 0.6 is 0 Å². The number of hydrogen-bond donors (Lipinski definition) is 3. The van der Waals surface area contributed by atoms with Gasteiger partial charge in [-0.2, -0.15) is 21.6 Å². The van der Waals surface area contributed by atoms with Gasteiger partial charge in [0.1, 0.15) is 17.1 Å². The van der Waals surface area contributed by atoms with E-state index in [2.05, 4.69) is 4.18 Å². The van der Waals surface area contributed by atoms with Gasteiger partial charge in [0.05, 0.1) is 5.56 Å². The van der Waals surface area contributed by atoms with Gasteiger partial charge in [-0.25, -0.2) is 9.59 Å². The first kappa shape index (κ1) is 17.6. The van der Waals surface area contributed by atoms with E-state index in [1.54, 1.807) is 0 Å². The zero-order valence-corrected chi connectivity index (χ0v) is 11.3. The summed E-state index contributed by atoms with van der Waals surface area (Å²) in [5, 5.41) is 27.1. The third-order valence-electron chi connectivity index (χ3n) is 2.43. The van der Waals surface area contributed by atoms with Crippen LogP contribution in [0, 0.1) is 6.92 Å². The Kier molecular flexibility index (Phi) is 4.28. The first-order valence-corrected chi connectivity index (χ1v) is 6.54. The SMILES string of the molecule is Cc1c(OS(=O)(=O)C(F)(F)F)cc(O)c(C(=O)O)c1C(=O)O. The van der Waals surface area contributed by atoms with E-state index < -0.39 is 55.8 Å². The molecule has 0 spiro atoms. The number of carboxylic acids is 2. The maximum Gasteiger partial charge on any atom is 0.534 e. The smallest absolute Gasteiger partial charge is 0.507 e. The summed E-state index contributed by atoms with van der Waals surface area (Å²) in [5.41, 5.74) is -8.71. The van der Waals surface area contributed by atoms with Crippen LogP contribution in [0.1, 0.15) is 26.3 Å². The van der Waals surface area contributed by atoms with Crippen molar-refractivity contribution in [1.82, 2.24) is 0 Å². The molecule has 1 rings (SSSR count). The van der Waals surface area contributed by atoms with Crippen LogP contribution in [-0.4, -0.2) is 41.2 Å². The minimum Gasteiger partial charge on any atom is -0.507 e. The molecule has 0 fully saturated rings. The molecular weight excluding hydrogens is 337 g/mol. The van der Waals surface area contributed by atoms with E-state index in [0.29, 0.717) is 0 Å². The number of hydrogen-bond acceptors (Lipinski definition) is 6. The van der Waals surface area contributed by atoms with Gasteiger partial charge in [-0.15, -0.1) is 0 Å². The Morgan fingerprint density at radius 1 is 1.14 bits per heavy atom. The largest absolute Gasteiger partial charge is 0.534 e. The van der Waals surface area contributed by atoms with Crippen LogP contribution in [0.2, 0.25) is 0 Å². The quantitative estimate of drug-likeness (QED) is 0.549. The second kappa shape index (κ2) is 5.36. The molecule has 0 aliphatic carbocycles. The molecule has 122 valence electrons. The molecule has 0 atom stereocenters. The molecule has 1 aromatic rings. The monoisotopic (exact) mass is 344 g/mol. The first-order chi connectivity index (χ1) is 9.79. The zero-order chi connectivity index (χ0) is 17.5. The highest BCUT2D eigenvalue weighted by Gasteiger charge is 2.49. The fourth-order valence-electron chi connectivity index (χ4n) is 1.48. The van der Waals surface area contributed by atoms with Crippen molar-refractivity contribution in [2.75, 3.05) is 0 Å². The molecule has 0 aliphatic rings. The third kappa shape index (κ3) is 3.05. The number of alkyl halides is 3. The number of aromatic carboxylic acids is 2. The summed E-state index contributed by atoms with van der Waals surface area (Å²) in [7, 11) is -6.12. The molecule has 0 aliphatic heterocycles. The lowest BCUT2D eigenvalue weighted by Gasteiger charge is -2.15. The van der Waals surface area contributed by atoms with Crippen molar-refractivity contribution in [3.05, 3.63) is 22.8 Å². The number of carboxylic acid groups (broad SMARTS) is 2. The maximum atomic E-state index is 12.2. The molecule has 0 radical (unpaired) electrons.